The van der Waals surface area contributed by atoms with Gasteiger partial charge in [-0.05, 0) is 72.8 Å². The number of alkyl halides is 6. The van der Waals surface area contributed by atoms with Gasteiger partial charge in [-0.2, -0.15) is 26.3 Å². The van der Waals surface area contributed by atoms with Gasteiger partial charge in [0.25, 0.3) is 0 Å². The predicted molar refractivity (Wildman–Crippen MR) is 155 cm³/mol. The zero-order valence-corrected chi connectivity index (χ0v) is 24.8. The van der Waals surface area contributed by atoms with Crippen molar-refractivity contribution >= 4 is 28.9 Å². The molecule has 0 saturated carbocycles. The van der Waals surface area contributed by atoms with Crippen molar-refractivity contribution in [2.45, 2.75) is 49.7 Å². The van der Waals surface area contributed by atoms with E-state index in [4.69, 9.17) is 27.9 Å². The van der Waals surface area contributed by atoms with E-state index >= 15 is 0 Å². The van der Waals surface area contributed by atoms with Gasteiger partial charge in [0.1, 0.15) is 0 Å². The molecule has 2 N–H and O–H groups in total. The predicted octanol–water partition coefficient (Wildman–Crippen LogP) is 8.54. The molecule has 0 bridgehead atoms. The molecule has 5 nitrogen and oxygen atoms in total. The lowest BCUT2D eigenvalue weighted by atomic mass is 9.84. The van der Waals surface area contributed by atoms with Crippen molar-refractivity contribution in [3.8, 4) is 0 Å². The first-order valence-electron chi connectivity index (χ1n) is 13.7. The van der Waals surface area contributed by atoms with E-state index in [-0.39, 0.29) is 29.0 Å². The Hall–Kier alpha value is -2.83. The lowest BCUT2D eigenvalue weighted by molar-refractivity contribution is -0.143. The molecule has 1 fully saturated rings. The zero-order valence-electron chi connectivity index (χ0n) is 23.3. The summed E-state index contributed by atoms with van der Waals surface area (Å²) < 4.78 is 85.1. The minimum atomic E-state index is -4.99. The molecule has 1 aliphatic rings. The van der Waals surface area contributed by atoms with Crippen LogP contribution >= 0.6 is 23.2 Å². The van der Waals surface area contributed by atoms with E-state index in [1.54, 1.807) is 18.2 Å². The van der Waals surface area contributed by atoms with Gasteiger partial charge in [0, 0.05) is 19.0 Å². The SMILES string of the molecule is O/N=C(\COCc1cc(C(F)(F)F)cc(C(F)(F)F)c1)C(CCN1CCC(O)(c2ccccc2)CC1)c1ccc(Cl)c(Cl)c1. The number of nitrogens with zero attached hydrogens (tertiary/aromatic N) is 2. The fourth-order valence-electron chi connectivity index (χ4n) is 5.33. The number of hydrogen-bond donors (Lipinski definition) is 2. The van der Waals surface area contributed by atoms with Gasteiger partial charge in [0.15, 0.2) is 0 Å². The van der Waals surface area contributed by atoms with Crippen LogP contribution in [0.15, 0.2) is 71.9 Å². The number of hydrogen-bond acceptors (Lipinski definition) is 5. The second-order valence-corrected chi connectivity index (χ2v) is 11.6. The quantitative estimate of drug-likeness (QED) is 0.0988. The number of aliphatic hydroxyl groups is 1. The van der Waals surface area contributed by atoms with Crippen molar-refractivity contribution in [3.05, 3.63) is 105 Å². The highest BCUT2D eigenvalue weighted by Gasteiger charge is 2.37. The first-order valence-corrected chi connectivity index (χ1v) is 14.5. The lowest BCUT2D eigenvalue weighted by Crippen LogP contribution is -2.43. The lowest BCUT2D eigenvalue weighted by Gasteiger charge is -2.39. The fraction of sp³-hybridized carbons (Fsp3) is 0.387. The summed E-state index contributed by atoms with van der Waals surface area (Å²) in [6.45, 7) is 0.742. The molecule has 4 rings (SSSR count). The average Bonchev–Trinajstić information content (AvgIpc) is 2.98. The Morgan fingerprint density at radius 2 is 1.50 bits per heavy atom. The molecule has 0 radical (unpaired) electrons. The molecule has 1 atom stereocenters. The molecular formula is C31H30Cl2F6N2O3. The fourth-order valence-corrected chi connectivity index (χ4v) is 5.63. The minimum Gasteiger partial charge on any atom is -0.411 e. The van der Waals surface area contributed by atoms with Crippen molar-refractivity contribution in [1.82, 2.24) is 4.90 Å². The van der Waals surface area contributed by atoms with Crippen LogP contribution in [0.2, 0.25) is 10.0 Å². The van der Waals surface area contributed by atoms with E-state index in [0.29, 0.717) is 61.6 Å². The Morgan fingerprint density at radius 3 is 2.05 bits per heavy atom. The number of likely N-dealkylation sites (tertiary alicyclic amines) is 1. The van der Waals surface area contributed by atoms with Crippen LogP contribution in [0.3, 0.4) is 0 Å². The first-order chi connectivity index (χ1) is 20.7. The van der Waals surface area contributed by atoms with Gasteiger partial charge in [0.05, 0.1) is 45.7 Å². The third kappa shape index (κ3) is 8.66. The van der Waals surface area contributed by atoms with Crippen LogP contribution in [0.25, 0.3) is 0 Å². The molecule has 238 valence electrons. The highest BCUT2D eigenvalue weighted by Crippen LogP contribution is 2.37. The van der Waals surface area contributed by atoms with Crippen molar-refractivity contribution < 1.29 is 41.4 Å². The summed E-state index contributed by atoms with van der Waals surface area (Å²) in [4.78, 5) is 2.15. The topological polar surface area (TPSA) is 65.3 Å². The maximum atomic E-state index is 13.3. The Balaban J connectivity index is 1.47. The van der Waals surface area contributed by atoms with Crippen molar-refractivity contribution in [1.29, 1.82) is 0 Å². The molecule has 1 unspecified atom stereocenters. The highest BCUT2D eigenvalue weighted by atomic mass is 35.5. The van der Waals surface area contributed by atoms with Gasteiger partial charge < -0.3 is 20.0 Å². The van der Waals surface area contributed by atoms with Gasteiger partial charge in [0.2, 0.25) is 0 Å². The molecule has 13 heteroatoms. The molecule has 0 amide bonds. The molecule has 0 aliphatic carbocycles. The first kappa shape index (κ1) is 34.1. The summed E-state index contributed by atoms with van der Waals surface area (Å²) in [5.41, 5.74) is -2.59. The molecule has 44 heavy (non-hydrogen) atoms. The third-order valence-corrected chi connectivity index (χ3v) is 8.51. The van der Waals surface area contributed by atoms with E-state index in [2.05, 4.69) is 10.1 Å². The summed E-state index contributed by atoms with van der Waals surface area (Å²) in [5, 5.41) is 25.0. The van der Waals surface area contributed by atoms with Crippen LogP contribution in [0, 0.1) is 0 Å². The minimum absolute atomic E-state index is 0.0473. The van der Waals surface area contributed by atoms with Crippen LogP contribution in [0.1, 0.15) is 53.0 Å². The molecule has 3 aromatic rings. The summed E-state index contributed by atoms with van der Waals surface area (Å²) in [5.74, 6) is -0.572. The maximum Gasteiger partial charge on any atom is 0.416 e. The Bertz CT molecular complexity index is 1410. The van der Waals surface area contributed by atoms with Crippen molar-refractivity contribution in [2.24, 2.45) is 5.16 Å². The summed E-state index contributed by atoms with van der Waals surface area (Å²) in [6, 6.07) is 15.5. The smallest absolute Gasteiger partial charge is 0.411 e. The summed E-state index contributed by atoms with van der Waals surface area (Å²) in [6.07, 6.45) is -8.55. The molecule has 1 heterocycles. The van der Waals surface area contributed by atoms with Crippen LogP contribution in [-0.4, -0.2) is 47.2 Å². The van der Waals surface area contributed by atoms with E-state index in [1.165, 1.54) is 0 Å². The van der Waals surface area contributed by atoms with E-state index in [0.717, 1.165) is 5.56 Å². The number of piperidine rings is 1. The number of benzene rings is 3. The van der Waals surface area contributed by atoms with E-state index in [9.17, 15) is 36.7 Å². The Kier molecular flexibility index (Phi) is 10.9. The van der Waals surface area contributed by atoms with Crippen LogP contribution < -0.4 is 0 Å². The van der Waals surface area contributed by atoms with Gasteiger partial charge >= 0.3 is 12.4 Å². The number of ether oxygens (including phenoxy) is 1. The monoisotopic (exact) mass is 662 g/mol. The number of rotatable bonds is 10. The Labute approximate surface area is 260 Å². The van der Waals surface area contributed by atoms with Crippen LogP contribution in [-0.2, 0) is 29.3 Å². The highest BCUT2D eigenvalue weighted by molar-refractivity contribution is 6.42. The summed E-state index contributed by atoms with van der Waals surface area (Å²) >= 11 is 12.3. The molecule has 0 aromatic heterocycles. The maximum absolute atomic E-state index is 13.3. The second-order valence-electron chi connectivity index (χ2n) is 10.8. The zero-order chi connectivity index (χ0) is 32.1. The van der Waals surface area contributed by atoms with Crippen LogP contribution in [0.4, 0.5) is 26.3 Å². The third-order valence-electron chi connectivity index (χ3n) is 7.77. The van der Waals surface area contributed by atoms with Gasteiger partial charge in [-0.15, -0.1) is 0 Å². The molecule has 1 aliphatic heterocycles. The molecule has 1 saturated heterocycles. The van der Waals surface area contributed by atoms with Crippen molar-refractivity contribution in [3.63, 3.8) is 0 Å². The van der Waals surface area contributed by atoms with Gasteiger partial charge in [-0.25, -0.2) is 0 Å². The van der Waals surface area contributed by atoms with E-state index in [1.807, 2.05) is 30.3 Å². The molecular weight excluding hydrogens is 633 g/mol. The Morgan fingerprint density at radius 1 is 0.886 bits per heavy atom. The van der Waals surface area contributed by atoms with Gasteiger partial charge in [-0.1, -0.05) is 64.8 Å². The second kappa shape index (κ2) is 14.1. The number of oxime groups is 1. The molecule has 0 spiro atoms. The largest absolute Gasteiger partial charge is 0.416 e. The van der Waals surface area contributed by atoms with Crippen LogP contribution in [0.5, 0.6) is 0 Å². The average molecular weight is 663 g/mol. The van der Waals surface area contributed by atoms with Gasteiger partial charge in [-0.3, -0.25) is 0 Å². The van der Waals surface area contributed by atoms with Crippen molar-refractivity contribution in [2.75, 3.05) is 26.2 Å². The van der Waals surface area contributed by atoms with E-state index < -0.39 is 41.6 Å². The normalized spacial score (nSPS) is 17.1. The summed E-state index contributed by atoms with van der Waals surface area (Å²) in [7, 11) is 0. The number of halogens is 8. The standard InChI is InChI=1S/C31H30Cl2F6N2O3/c32-26-7-6-21(16-27(26)33)25(8-11-41-12-9-29(42,10-13-41)22-4-2-1-3-5-22)28(40-43)19-44-18-20-14-23(30(34,35)36)17-24(15-20)31(37,38)39/h1-7,14-17,25,42-43H,8-13,18-19H2/b40-28+. The molecule has 3 aromatic carbocycles.